The number of aromatic nitrogens is 1. The molecule has 1 aromatic heterocycles. The zero-order valence-corrected chi connectivity index (χ0v) is 13.3. The fourth-order valence-electron chi connectivity index (χ4n) is 2.28. The normalized spacial score (nSPS) is 14.6. The minimum Gasteiger partial charge on any atom is -0.263 e. The van der Waals surface area contributed by atoms with E-state index in [9.17, 15) is 18.8 Å². The third-order valence-corrected chi connectivity index (χ3v) is 4.35. The molecule has 4 amide bonds. The van der Waals surface area contributed by atoms with Crippen molar-refractivity contribution in [2.24, 2.45) is 0 Å². The number of thiazole rings is 1. The van der Waals surface area contributed by atoms with Crippen molar-refractivity contribution in [2.75, 3.05) is 6.54 Å². The van der Waals surface area contributed by atoms with E-state index in [1.54, 1.807) is 23.6 Å². The maximum Gasteiger partial charge on any atom is 0.334 e. The quantitative estimate of drug-likeness (QED) is 0.474. The summed E-state index contributed by atoms with van der Waals surface area (Å²) in [7, 11) is 0. The van der Waals surface area contributed by atoms with Crippen LogP contribution in [0.5, 0.6) is 0 Å². The van der Waals surface area contributed by atoms with E-state index in [2.05, 4.69) is 11.6 Å². The van der Waals surface area contributed by atoms with Crippen molar-refractivity contribution >= 4 is 29.2 Å². The van der Waals surface area contributed by atoms with Gasteiger partial charge >= 0.3 is 17.8 Å². The fourth-order valence-corrected chi connectivity index (χ4v) is 3.12. The van der Waals surface area contributed by atoms with E-state index in [1.165, 1.54) is 23.5 Å². The van der Waals surface area contributed by atoms with Crippen LogP contribution in [0, 0.1) is 5.82 Å². The summed E-state index contributed by atoms with van der Waals surface area (Å²) in [6.45, 7) is 3.28. The van der Waals surface area contributed by atoms with Crippen molar-refractivity contribution in [1.29, 1.82) is 0 Å². The molecule has 0 unspecified atom stereocenters. The molecule has 3 rings (SSSR count). The van der Waals surface area contributed by atoms with Gasteiger partial charge in [-0.25, -0.2) is 19.1 Å². The molecule has 6 nitrogen and oxygen atoms in total. The Morgan fingerprint density at radius 2 is 1.88 bits per heavy atom. The highest BCUT2D eigenvalue weighted by Crippen LogP contribution is 2.27. The largest absolute Gasteiger partial charge is 0.334 e. The molecular formula is C16H12FN3O3S. The lowest BCUT2D eigenvalue weighted by atomic mass is 10.2. The zero-order valence-electron chi connectivity index (χ0n) is 12.4. The van der Waals surface area contributed by atoms with Crippen LogP contribution < -0.4 is 0 Å². The van der Waals surface area contributed by atoms with Crippen LogP contribution >= 0.6 is 11.3 Å². The van der Waals surface area contributed by atoms with Crippen molar-refractivity contribution < 1.29 is 18.8 Å². The Morgan fingerprint density at radius 1 is 1.17 bits per heavy atom. The van der Waals surface area contributed by atoms with E-state index in [0.29, 0.717) is 16.3 Å². The second-order valence-corrected chi connectivity index (χ2v) is 5.86. The molecule has 1 aliphatic heterocycles. The number of carbonyl (C=O) groups is 3. The number of halogens is 1. The van der Waals surface area contributed by atoms with Gasteiger partial charge in [-0.05, 0) is 12.1 Å². The van der Waals surface area contributed by atoms with E-state index >= 15 is 0 Å². The van der Waals surface area contributed by atoms with Gasteiger partial charge in [0.1, 0.15) is 10.8 Å². The summed E-state index contributed by atoms with van der Waals surface area (Å²) in [6, 6.07) is 5.49. The summed E-state index contributed by atoms with van der Waals surface area (Å²) < 4.78 is 13.8. The molecular weight excluding hydrogens is 333 g/mol. The number of hydrogen-bond acceptors (Lipinski definition) is 5. The SMILES string of the molecule is C=CCN1C(=O)C(=O)N(Cc2csc(-c3ccccc3F)n2)C1=O. The number of carbonyl (C=O) groups excluding carboxylic acids is 3. The summed E-state index contributed by atoms with van der Waals surface area (Å²) in [5.41, 5.74) is 0.755. The molecule has 2 heterocycles. The Kier molecular flexibility index (Phi) is 4.22. The second kappa shape index (κ2) is 6.32. The molecule has 0 N–H and O–H groups in total. The highest BCUT2D eigenvalue weighted by Gasteiger charge is 2.43. The summed E-state index contributed by atoms with van der Waals surface area (Å²) in [4.78, 5) is 41.7. The lowest BCUT2D eigenvalue weighted by Gasteiger charge is -2.12. The Labute approximate surface area is 140 Å². The molecule has 122 valence electrons. The Hall–Kier alpha value is -2.87. The van der Waals surface area contributed by atoms with Crippen LogP contribution in [0.2, 0.25) is 0 Å². The first kappa shape index (κ1) is 16.0. The van der Waals surface area contributed by atoms with Gasteiger partial charge in [0.2, 0.25) is 0 Å². The van der Waals surface area contributed by atoms with Gasteiger partial charge in [0.25, 0.3) is 0 Å². The summed E-state index contributed by atoms with van der Waals surface area (Å²) in [6.07, 6.45) is 1.37. The first-order valence-electron chi connectivity index (χ1n) is 7.00. The number of urea groups is 1. The van der Waals surface area contributed by atoms with E-state index in [1.807, 2.05) is 0 Å². The fraction of sp³-hybridized carbons (Fsp3) is 0.125. The van der Waals surface area contributed by atoms with Gasteiger partial charge in [-0.15, -0.1) is 17.9 Å². The minimum absolute atomic E-state index is 0.0303. The Bertz CT molecular complexity index is 849. The van der Waals surface area contributed by atoms with Crippen LogP contribution in [0.1, 0.15) is 5.69 Å². The molecule has 1 saturated heterocycles. The summed E-state index contributed by atoms with van der Waals surface area (Å²) >= 11 is 1.20. The van der Waals surface area contributed by atoms with Crippen molar-refractivity contribution in [3.63, 3.8) is 0 Å². The van der Waals surface area contributed by atoms with Gasteiger partial charge in [0, 0.05) is 17.5 Å². The predicted octanol–water partition coefficient (Wildman–Crippen LogP) is 2.43. The smallest absolute Gasteiger partial charge is 0.263 e. The molecule has 1 aliphatic rings. The van der Waals surface area contributed by atoms with Gasteiger partial charge in [0.15, 0.2) is 0 Å². The van der Waals surface area contributed by atoms with Crippen LogP contribution in [0.3, 0.4) is 0 Å². The molecule has 0 saturated carbocycles. The van der Waals surface area contributed by atoms with Gasteiger partial charge in [-0.2, -0.15) is 0 Å². The van der Waals surface area contributed by atoms with E-state index in [-0.39, 0.29) is 13.1 Å². The first-order chi connectivity index (χ1) is 11.5. The van der Waals surface area contributed by atoms with Crippen LogP contribution in [0.15, 0.2) is 42.3 Å². The van der Waals surface area contributed by atoms with Gasteiger partial charge in [-0.3, -0.25) is 14.5 Å². The number of hydrogen-bond donors (Lipinski definition) is 0. The summed E-state index contributed by atoms with van der Waals surface area (Å²) in [5.74, 6) is -2.19. The lowest BCUT2D eigenvalue weighted by Crippen LogP contribution is -2.33. The molecule has 0 aliphatic carbocycles. The first-order valence-corrected chi connectivity index (χ1v) is 7.88. The topological polar surface area (TPSA) is 70.6 Å². The Morgan fingerprint density at radius 3 is 2.58 bits per heavy atom. The highest BCUT2D eigenvalue weighted by molar-refractivity contribution is 7.13. The number of imide groups is 2. The van der Waals surface area contributed by atoms with Crippen LogP contribution in [0.4, 0.5) is 9.18 Å². The molecule has 8 heteroatoms. The molecule has 1 aromatic carbocycles. The average molecular weight is 345 g/mol. The minimum atomic E-state index is -0.901. The monoisotopic (exact) mass is 345 g/mol. The maximum atomic E-state index is 13.8. The second-order valence-electron chi connectivity index (χ2n) is 5.00. The summed E-state index contributed by atoms with van der Waals surface area (Å²) in [5, 5.41) is 2.07. The molecule has 0 atom stereocenters. The van der Waals surface area contributed by atoms with Gasteiger partial charge in [0.05, 0.1) is 12.2 Å². The average Bonchev–Trinajstić information content (AvgIpc) is 3.11. The van der Waals surface area contributed by atoms with Crippen LogP contribution in [-0.2, 0) is 16.1 Å². The van der Waals surface area contributed by atoms with Crippen LogP contribution in [-0.4, -0.2) is 39.2 Å². The van der Waals surface area contributed by atoms with Gasteiger partial charge in [-0.1, -0.05) is 18.2 Å². The van der Waals surface area contributed by atoms with E-state index in [4.69, 9.17) is 0 Å². The molecule has 1 fully saturated rings. The number of benzene rings is 1. The molecule has 0 radical (unpaired) electrons. The molecule has 0 bridgehead atoms. The van der Waals surface area contributed by atoms with Crippen molar-refractivity contribution in [3.05, 3.63) is 53.8 Å². The zero-order chi connectivity index (χ0) is 17.3. The molecule has 0 spiro atoms. The van der Waals surface area contributed by atoms with E-state index < -0.39 is 23.7 Å². The van der Waals surface area contributed by atoms with E-state index in [0.717, 1.165) is 9.80 Å². The number of nitrogens with zero attached hydrogens (tertiary/aromatic N) is 3. The molecule has 24 heavy (non-hydrogen) atoms. The van der Waals surface area contributed by atoms with Crippen LogP contribution in [0.25, 0.3) is 10.6 Å². The maximum absolute atomic E-state index is 13.8. The standard InChI is InChI=1S/C16H12FN3O3S/c1-2-7-19-14(21)15(22)20(16(19)23)8-10-9-24-13(18-10)11-5-3-4-6-12(11)17/h2-6,9H,1,7-8H2. The van der Waals surface area contributed by atoms with Crippen molar-refractivity contribution in [2.45, 2.75) is 6.54 Å². The lowest BCUT2D eigenvalue weighted by molar-refractivity contribution is -0.143. The van der Waals surface area contributed by atoms with Gasteiger partial charge < -0.3 is 0 Å². The molecule has 2 aromatic rings. The number of rotatable bonds is 5. The Balaban J connectivity index is 1.81. The number of amides is 4. The highest BCUT2D eigenvalue weighted by atomic mass is 32.1. The third-order valence-electron chi connectivity index (χ3n) is 3.42. The van der Waals surface area contributed by atoms with Crippen molar-refractivity contribution in [1.82, 2.24) is 14.8 Å². The van der Waals surface area contributed by atoms with Crippen molar-refractivity contribution in [3.8, 4) is 10.6 Å². The third kappa shape index (κ3) is 2.71. The predicted molar refractivity (Wildman–Crippen MR) is 85.4 cm³/mol.